The first-order valence-electron chi connectivity index (χ1n) is 11.0. The second-order valence-corrected chi connectivity index (χ2v) is 12.2. The van der Waals surface area contributed by atoms with Crippen LogP contribution in [0.5, 0.6) is 0 Å². The van der Waals surface area contributed by atoms with Gasteiger partial charge in [-0.25, -0.2) is 0 Å². The number of hydrogen-bond acceptors (Lipinski definition) is 4. The minimum absolute atomic E-state index is 0.00920. The monoisotopic (exact) mass is 405 g/mol. The van der Waals surface area contributed by atoms with Crippen molar-refractivity contribution in [1.82, 2.24) is 9.80 Å². The molecular weight excluding hydrogens is 362 g/mol. The third kappa shape index (κ3) is 4.87. The molecule has 2 aliphatic rings. The fourth-order valence-electron chi connectivity index (χ4n) is 4.77. The van der Waals surface area contributed by atoms with Gasteiger partial charge in [0, 0.05) is 30.7 Å². The molecule has 2 aliphatic heterocycles. The number of nitrogens with zero attached hydrogens (tertiary/aromatic N) is 3. The predicted octanol–water partition coefficient (Wildman–Crippen LogP) is 4.89. The highest BCUT2D eigenvalue weighted by Gasteiger charge is 2.46. The molecule has 1 N–H and O–H groups in total. The summed E-state index contributed by atoms with van der Waals surface area (Å²) in [6, 6.07) is -0.374. The van der Waals surface area contributed by atoms with Gasteiger partial charge in [-0.05, 0) is 22.3 Å². The summed E-state index contributed by atoms with van der Waals surface area (Å²) in [5.74, 6) is 0.478. The number of hydrogen-bond donors (Lipinski definition) is 1. The minimum Gasteiger partial charge on any atom is -0.480 e. The Balaban J connectivity index is 2.66. The molecule has 1 saturated heterocycles. The number of carbonyl (C=O) groups is 1. The molecule has 0 bridgehead atoms. The molecule has 29 heavy (non-hydrogen) atoms. The lowest BCUT2D eigenvalue weighted by atomic mass is 9.70. The molecular formula is C24H43N3O2. The summed E-state index contributed by atoms with van der Waals surface area (Å²) in [4.78, 5) is 21.9. The number of piperazine rings is 1. The highest BCUT2D eigenvalue weighted by molar-refractivity contribution is 5.90. The van der Waals surface area contributed by atoms with E-state index in [1.165, 1.54) is 11.3 Å². The van der Waals surface area contributed by atoms with E-state index in [1.807, 2.05) is 13.8 Å². The predicted molar refractivity (Wildman–Crippen MR) is 121 cm³/mol. The molecule has 0 amide bonds. The molecule has 0 spiro atoms. The van der Waals surface area contributed by atoms with E-state index in [0.29, 0.717) is 6.54 Å². The second kappa shape index (κ2) is 7.72. The van der Waals surface area contributed by atoms with Gasteiger partial charge in [-0.1, -0.05) is 76.2 Å². The van der Waals surface area contributed by atoms with Gasteiger partial charge in [0.25, 0.3) is 0 Å². The van der Waals surface area contributed by atoms with E-state index in [4.69, 9.17) is 4.99 Å². The number of aliphatic carboxylic acids is 1. The van der Waals surface area contributed by atoms with Crippen molar-refractivity contribution in [3.05, 3.63) is 11.3 Å². The van der Waals surface area contributed by atoms with E-state index in [2.05, 4.69) is 72.1 Å². The lowest BCUT2D eigenvalue weighted by Gasteiger charge is -2.51. The largest absolute Gasteiger partial charge is 0.480 e. The smallest absolute Gasteiger partial charge is 0.321 e. The van der Waals surface area contributed by atoms with Crippen LogP contribution in [0.15, 0.2) is 16.3 Å². The van der Waals surface area contributed by atoms with Crippen molar-refractivity contribution >= 4 is 11.8 Å². The summed E-state index contributed by atoms with van der Waals surface area (Å²) in [5.41, 5.74) is 2.51. The Hall–Kier alpha value is -1.36. The van der Waals surface area contributed by atoms with Gasteiger partial charge in [0.15, 0.2) is 0 Å². The Morgan fingerprint density at radius 2 is 1.55 bits per heavy atom. The fourth-order valence-corrected chi connectivity index (χ4v) is 4.77. The van der Waals surface area contributed by atoms with Gasteiger partial charge in [0.2, 0.25) is 0 Å². The highest BCUT2D eigenvalue weighted by atomic mass is 16.4. The first kappa shape index (κ1) is 23.9. The van der Waals surface area contributed by atoms with Crippen LogP contribution in [0.2, 0.25) is 0 Å². The number of carboxylic acid groups (broad SMARTS) is 1. The van der Waals surface area contributed by atoms with Crippen molar-refractivity contribution in [2.45, 2.75) is 88.2 Å². The first-order chi connectivity index (χ1) is 13.0. The molecule has 0 aromatic carbocycles. The van der Waals surface area contributed by atoms with E-state index in [-0.39, 0.29) is 28.2 Å². The molecule has 0 aliphatic carbocycles. The van der Waals surface area contributed by atoms with Gasteiger partial charge < -0.3 is 10.0 Å². The van der Waals surface area contributed by atoms with E-state index in [9.17, 15) is 9.90 Å². The summed E-state index contributed by atoms with van der Waals surface area (Å²) >= 11 is 0. The van der Waals surface area contributed by atoms with Gasteiger partial charge in [0.05, 0.1) is 6.04 Å². The van der Waals surface area contributed by atoms with Gasteiger partial charge in [-0.2, -0.15) is 0 Å². The zero-order chi connectivity index (χ0) is 22.5. The Kier molecular flexibility index (Phi) is 6.36. The van der Waals surface area contributed by atoms with Crippen molar-refractivity contribution in [3.8, 4) is 0 Å². The molecule has 5 heteroatoms. The molecule has 2 atom stereocenters. The molecule has 0 radical (unpaired) electrons. The lowest BCUT2D eigenvalue weighted by molar-refractivity contribution is -0.145. The zero-order valence-corrected chi connectivity index (χ0v) is 20.6. The van der Waals surface area contributed by atoms with E-state index >= 15 is 0 Å². The van der Waals surface area contributed by atoms with E-state index < -0.39 is 12.0 Å². The Labute approximate surface area is 178 Å². The molecule has 1 fully saturated rings. The maximum atomic E-state index is 12.0. The number of aliphatic imine (C=N–C) groups is 1. The molecule has 0 saturated carbocycles. The highest BCUT2D eigenvalue weighted by Crippen LogP contribution is 2.45. The van der Waals surface area contributed by atoms with Crippen LogP contribution < -0.4 is 0 Å². The van der Waals surface area contributed by atoms with Crippen LogP contribution in [0.4, 0.5) is 0 Å². The lowest BCUT2D eigenvalue weighted by Crippen LogP contribution is -2.59. The average molecular weight is 406 g/mol. The normalized spacial score (nSPS) is 23.2. The molecule has 2 heterocycles. The van der Waals surface area contributed by atoms with Crippen molar-refractivity contribution in [2.75, 3.05) is 19.6 Å². The Morgan fingerprint density at radius 3 is 1.93 bits per heavy atom. The second-order valence-electron chi connectivity index (χ2n) is 12.2. The van der Waals surface area contributed by atoms with Gasteiger partial charge in [-0.3, -0.25) is 14.7 Å². The van der Waals surface area contributed by atoms with Crippen molar-refractivity contribution in [1.29, 1.82) is 0 Å². The summed E-state index contributed by atoms with van der Waals surface area (Å²) in [6.07, 6.45) is 0. The molecule has 0 aromatic rings. The topological polar surface area (TPSA) is 56.1 Å². The third-order valence-electron chi connectivity index (χ3n) is 5.96. The minimum atomic E-state index is -0.723. The Morgan fingerprint density at radius 1 is 1.00 bits per heavy atom. The zero-order valence-electron chi connectivity index (χ0n) is 20.6. The van der Waals surface area contributed by atoms with Crippen LogP contribution >= 0.6 is 0 Å². The average Bonchev–Trinajstić information content (AvgIpc) is 2.49. The SMILES string of the molecule is CC(C)C(C(=O)O)N1CCN2C(C(C)(C)C)=NC(C(C)(C)C)C(C(C)(C)C)=C2C1. The number of carboxylic acids is 1. The van der Waals surface area contributed by atoms with Crippen molar-refractivity contribution < 1.29 is 9.90 Å². The maximum absolute atomic E-state index is 12.0. The van der Waals surface area contributed by atoms with Gasteiger partial charge in [0.1, 0.15) is 11.9 Å². The summed E-state index contributed by atoms with van der Waals surface area (Å²) < 4.78 is 0. The number of fused-ring (bicyclic) bond motifs is 1. The third-order valence-corrected chi connectivity index (χ3v) is 5.96. The summed E-state index contributed by atoms with van der Waals surface area (Å²) in [7, 11) is 0. The van der Waals surface area contributed by atoms with Gasteiger partial charge >= 0.3 is 5.97 Å². The summed E-state index contributed by atoms with van der Waals surface area (Å²) in [6.45, 7) is 26.5. The number of rotatable bonds is 3. The molecule has 0 aromatic heterocycles. The fraction of sp³-hybridized carbons (Fsp3) is 0.833. The van der Waals surface area contributed by atoms with Crippen LogP contribution in [0, 0.1) is 22.2 Å². The molecule has 5 nitrogen and oxygen atoms in total. The van der Waals surface area contributed by atoms with E-state index in [1.54, 1.807) is 0 Å². The maximum Gasteiger partial charge on any atom is 0.321 e. The molecule has 2 unspecified atom stereocenters. The van der Waals surface area contributed by atoms with Crippen molar-refractivity contribution in [2.24, 2.45) is 27.2 Å². The van der Waals surface area contributed by atoms with Crippen LogP contribution in [-0.2, 0) is 4.79 Å². The van der Waals surface area contributed by atoms with Crippen LogP contribution in [0.3, 0.4) is 0 Å². The number of amidine groups is 1. The summed E-state index contributed by atoms with van der Waals surface area (Å²) in [5, 5.41) is 9.89. The molecule has 166 valence electrons. The van der Waals surface area contributed by atoms with Crippen LogP contribution in [0.1, 0.15) is 76.2 Å². The van der Waals surface area contributed by atoms with Crippen molar-refractivity contribution in [3.63, 3.8) is 0 Å². The van der Waals surface area contributed by atoms with Crippen LogP contribution in [-0.4, -0.2) is 58.4 Å². The van der Waals surface area contributed by atoms with Gasteiger partial charge in [-0.15, -0.1) is 0 Å². The first-order valence-corrected chi connectivity index (χ1v) is 11.0. The molecule has 2 rings (SSSR count). The van der Waals surface area contributed by atoms with E-state index in [0.717, 1.165) is 18.9 Å². The Bertz CT molecular complexity index is 699. The quantitative estimate of drug-likeness (QED) is 0.726. The van der Waals surface area contributed by atoms with Crippen LogP contribution in [0.25, 0.3) is 0 Å². The standard InChI is InChI=1S/C24H43N3O2/c1-15(2)18(20(28)29)26-12-13-27-16(14-26)17(22(3,4)5)19(23(6,7)8)25-21(27)24(9,10)11/h15,18-19H,12-14H2,1-11H3,(H,28,29).